The third-order valence-electron chi connectivity index (χ3n) is 3.76. The van der Waals surface area contributed by atoms with Gasteiger partial charge < -0.3 is 16.3 Å². The second-order valence-electron chi connectivity index (χ2n) is 5.35. The Labute approximate surface area is 135 Å². The van der Waals surface area contributed by atoms with Gasteiger partial charge in [-0.25, -0.2) is 0 Å². The number of rotatable bonds is 8. The van der Waals surface area contributed by atoms with E-state index in [1.165, 1.54) is 5.75 Å². The summed E-state index contributed by atoms with van der Waals surface area (Å²) in [6, 6.07) is 0. The van der Waals surface area contributed by atoms with Crippen molar-refractivity contribution >= 4 is 35.3 Å². The Hall–Kier alpha value is -0.560. The Balaban J connectivity index is 2.73. The Morgan fingerprint density at radius 2 is 2.05 bits per heavy atom. The van der Waals surface area contributed by atoms with Gasteiger partial charge in [-0.1, -0.05) is 31.8 Å². The van der Waals surface area contributed by atoms with Crippen LogP contribution in [-0.4, -0.2) is 46.0 Å². The van der Waals surface area contributed by atoms with Crippen molar-refractivity contribution in [2.24, 2.45) is 16.3 Å². The van der Waals surface area contributed by atoms with Crippen LogP contribution in [0.15, 0.2) is 5.16 Å². The van der Waals surface area contributed by atoms with Crippen molar-refractivity contribution in [3.05, 3.63) is 0 Å². The molecule has 1 heterocycles. The van der Waals surface area contributed by atoms with Gasteiger partial charge >= 0.3 is 0 Å². The molecule has 5 nitrogen and oxygen atoms in total. The molecule has 1 saturated heterocycles. The number of carbonyl (C=O) groups is 1. The van der Waals surface area contributed by atoms with Gasteiger partial charge in [0.05, 0.1) is 0 Å². The van der Waals surface area contributed by atoms with Gasteiger partial charge in [0.1, 0.15) is 5.41 Å². The molecule has 1 rings (SSSR count). The van der Waals surface area contributed by atoms with Crippen LogP contribution in [0.4, 0.5) is 0 Å². The van der Waals surface area contributed by atoms with E-state index >= 15 is 0 Å². The molecule has 0 radical (unpaired) electrons. The van der Waals surface area contributed by atoms with E-state index in [0.29, 0.717) is 24.6 Å². The number of carbonyl (C=O) groups excluding carboxylic acids is 1. The third kappa shape index (κ3) is 4.98. The number of hydrogen-bond donors (Lipinski definition) is 3. The Kier molecular flexibility index (Phi) is 8.33. The van der Waals surface area contributed by atoms with Crippen molar-refractivity contribution in [2.45, 2.75) is 44.8 Å². The summed E-state index contributed by atoms with van der Waals surface area (Å²) in [4.78, 5) is 12.7. The predicted molar refractivity (Wildman–Crippen MR) is 92.2 cm³/mol. The molecule has 1 atom stereocenters. The summed E-state index contributed by atoms with van der Waals surface area (Å²) >= 11 is 3.84. The number of thioether (sulfide) groups is 2. The normalized spacial score (nSPS) is 20.3. The fourth-order valence-corrected chi connectivity index (χ4v) is 5.32. The molecule has 0 aromatic carbocycles. The van der Waals surface area contributed by atoms with E-state index in [1.807, 2.05) is 37.4 Å². The highest BCUT2D eigenvalue weighted by Gasteiger charge is 2.41. The molecule has 0 spiro atoms. The zero-order valence-electron chi connectivity index (χ0n) is 12.9. The van der Waals surface area contributed by atoms with Crippen LogP contribution in [0.5, 0.6) is 0 Å². The first-order valence-electron chi connectivity index (χ1n) is 7.56. The van der Waals surface area contributed by atoms with E-state index in [0.717, 1.165) is 24.3 Å². The van der Waals surface area contributed by atoms with E-state index in [2.05, 4.69) is 10.5 Å². The minimum atomic E-state index is -0.870. The molecule has 7 heteroatoms. The molecule has 4 N–H and O–H groups in total. The molecule has 122 valence electrons. The average molecular weight is 334 g/mol. The number of nitrogens with one attached hydrogen (secondary N) is 1. The van der Waals surface area contributed by atoms with Crippen LogP contribution in [0.25, 0.3) is 0 Å². The smallest absolute Gasteiger partial charge is 0.233 e. The van der Waals surface area contributed by atoms with Crippen LogP contribution in [0.1, 0.15) is 39.5 Å². The summed E-state index contributed by atoms with van der Waals surface area (Å²) in [6.45, 7) is 4.68. The lowest BCUT2D eigenvalue weighted by atomic mass is 9.77. The van der Waals surface area contributed by atoms with Gasteiger partial charge in [-0.15, -0.1) is 0 Å². The summed E-state index contributed by atoms with van der Waals surface area (Å²) in [5, 5.41) is 15.7. The van der Waals surface area contributed by atoms with Gasteiger partial charge in [-0.05, 0) is 12.8 Å². The fraction of sp³-hybridized carbons (Fsp3) is 0.857. The summed E-state index contributed by atoms with van der Waals surface area (Å²) in [6.07, 6.45) is 2.85. The molecule has 0 aromatic heterocycles. The second-order valence-corrected chi connectivity index (χ2v) is 7.90. The summed E-state index contributed by atoms with van der Waals surface area (Å²) in [5.74, 6) is 3.34. The van der Waals surface area contributed by atoms with Crippen molar-refractivity contribution in [3.63, 3.8) is 0 Å². The molecule has 1 fully saturated rings. The van der Waals surface area contributed by atoms with E-state index in [1.54, 1.807) is 0 Å². The highest BCUT2D eigenvalue weighted by atomic mass is 32.2. The van der Waals surface area contributed by atoms with Crippen LogP contribution in [0.2, 0.25) is 0 Å². The van der Waals surface area contributed by atoms with E-state index in [-0.39, 0.29) is 11.7 Å². The van der Waals surface area contributed by atoms with Crippen molar-refractivity contribution in [1.82, 2.24) is 5.32 Å². The lowest BCUT2D eigenvalue weighted by Gasteiger charge is -2.31. The quantitative estimate of drug-likeness (QED) is 0.274. The Bertz CT molecular complexity index is 352. The molecule has 0 aliphatic carbocycles. The largest absolute Gasteiger partial charge is 0.409 e. The topological polar surface area (TPSA) is 87.7 Å². The Morgan fingerprint density at radius 1 is 1.38 bits per heavy atom. The molecule has 0 saturated carbocycles. The van der Waals surface area contributed by atoms with Gasteiger partial charge in [0.15, 0.2) is 5.84 Å². The molecule has 0 bridgehead atoms. The van der Waals surface area contributed by atoms with Gasteiger partial charge in [-0.2, -0.15) is 23.5 Å². The number of amides is 1. The molecule has 21 heavy (non-hydrogen) atoms. The van der Waals surface area contributed by atoms with E-state index in [4.69, 9.17) is 10.9 Å². The lowest BCUT2D eigenvalue weighted by molar-refractivity contribution is -0.128. The molecular weight excluding hydrogens is 306 g/mol. The molecule has 1 aliphatic rings. The maximum Gasteiger partial charge on any atom is 0.233 e. The van der Waals surface area contributed by atoms with Gasteiger partial charge in [0.25, 0.3) is 0 Å². The Morgan fingerprint density at radius 3 is 2.52 bits per heavy atom. The highest BCUT2D eigenvalue weighted by Crippen LogP contribution is 2.31. The van der Waals surface area contributed by atoms with Crippen LogP contribution in [-0.2, 0) is 4.79 Å². The SMILES string of the molecule is CCCC(CCC)(C(=O)NCC1CSCCS1)C(N)=NO. The summed E-state index contributed by atoms with van der Waals surface area (Å²) < 4.78 is 0. The first-order valence-corrected chi connectivity index (χ1v) is 9.76. The van der Waals surface area contributed by atoms with Crippen LogP contribution < -0.4 is 11.1 Å². The van der Waals surface area contributed by atoms with Gasteiger partial charge in [0.2, 0.25) is 5.91 Å². The second kappa shape index (κ2) is 9.46. The number of hydrogen-bond acceptors (Lipinski definition) is 5. The van der Waals surface area contributed by atoms with E-state index < -0.39 is 5.41 Å². The van der Waals surface area contributed by atoms with Crippen molar-refractivity contribution in [1.29, 1.82) is 0 Å². The standard InChI is InChI=1S/C14H27N3O2S2/c1-3-5-14(6-4-2,12(15)17-19)13(18)16-9-11-10-20-7-8-21-11/h11,19H,3-10H2,1-2H3,(H2,15,17)(H,16,18). The van der Waals surface area contributed by atoms with Crippen LogP contribution in [0, 0.1) is 5.41 Å². The van der Waals surface area contributed by atoms with Crippen molar-refractivity contribution in [2.75, 3.05) is 23.8 Å². The third-order valence-corrected chi connectivity index (χ3v) is 6.61. The van der Waals surface area contributed by atoms with Crippen LogP contribution in [0.3, 0.4) is 0 Å². The monoisotopic (exact) mass is 333 g/mol. The summed E-state index contributed by atoms with van der Waals surface area (Å²) in [5.41, 5.74) is 4.99. The van der Waals surface area contributed by atoms with Gasteiger partial charge in [-0.3, -0.25) is 4.79 Å². The molecule has 1 aliphatic heterocycles. The van der Waals surface area contributed by atoms with Crippen molar-refractivity contribution in [3.8, 4) is 0 Å². The maximum atomic E-state index is 12.7. The zero-order chi connectivity index (χ0) is 15.7. The van der Waals surface area contributed by atoms with Crippen LogP contribution >= 0.6 is 23.5 Å². The molecule has 0 aromatic rings. The zero-order valence-corrected chi connectivity index (χ0v) is 14.6. The number of nitrogens with two attached hydrogens (primary N) is 1. The first kappa shape index (κ1) is 18.5. The molecular formula is C14H27N3O2S2. The fourth-order valence-electron chi connectivity index (χ4n) is 2.70. The number of amidine groups is 1. The minimum Gasteiger partial charge on any atom is -0.409 e. The number of nitrogens with zero attached hydrogens (tertiary/aromatic N) is 1. The molecule has 1 amide bonds. The summed E-state index contributed by atoms with van der Waals surface area (Å²) in [7, 11) is 0. The highest BCUT2D eigenvalue weighted by molar-refractivity contribution is 8.06. The maximum absolute atomic E-state index is 12.7. The lowest BCUT2D eigenvalue weighted by Crippen LogP contribution is -2.51. The minimum absolute atomic E-state index is 0.0365. The van der Waals surface area contributed by atoms with Gasteiger partial charge in [0, 0.05) is 29.1 Å². The van der Waals surface area contributed by atoms with Crippen molar-refractivity contribution < 1.29 is 10.0 Å². The molecule has 1 unspecified atom stereocenters. The predicted octanol–water partition coefficient (Wildman–Crippen LogP) is 2.28. The first-order chi connectivity index (χ1) is 10.1. The van der Waals surface area contributed by atoms with E-state index in [9.17, 15) is 4.79 Å². The number of oxime groups is 1. The average Bonchev–Trinajstić information content (AvgIpc) is 2.52.